The summed E-state index contributed by atoms with van der Waals surface area (Å²) in [7, 11) is 0. The Morgan fingerprint density at radius 1 is 1.59 bits per heavy atom. The lowest BCUT2D eigenvalue weighted by atomic mass is 10.1. The van der Waals surface area contributed by atoms with Gasteiger partial charge in [-0.3, -0.25) is 9.78 Å². The summed E-state index contributed by atoms with van der Waals surface area (Å²) in [5.74, 6) is -0.263. The Balaban J connectivity index is 1.90. The Morgan fingerprint density at radius 2 is 2.24 bits per heavy atom. The van der Waals surface area contributed by atoms with Crippen molar-refractivity contribution >= 4 is 5.91 Å². The van der Waals surface area contributed by atoms with E-state index in [1.54, 1.807) is 12.4 Å². The summed E-state index contributed by atoms with van der Waals surface area (Å²) in [5, 5.41) is 11.6. The summed E-state index contributed by atoms with van der Waals surface area (Å²) in [4.78, 5) is 15.7. The molecule has 1 fully saturated rings. The third kappa shape index (κ3) is 2.80. The molecule has 1 aromatic rings. The number of hydrogen-bond donors (Lipinski definition) is 2. The maximum absolute atomic E-state index is 11.8. The van der Waals surface area contributed by atoms with Crippen molar-refractivity contribution in [3.63, 3.8) is 0 Å². The molecule has 2 rings (SSSR count). The van der Waals surface area contributed by atoms with Crippen LogP contribution in [-0.4, -0.2) is 22.5 Å². The second-order valence-corrected chi connectivity index (χ2v) is 4.35. The van der Waals surface area contributed by atoms with Gasteiger partial charge in [0.2, 0.25) is 5.91 Å². The number of aromatic nitrogens is 1. The van der Waals surface area contributed by atoms with Crippen molar-refractivity contribution in [2.45, 2.75) is 30.8 Å². The number of hydrogen-bond acceptors (Lipinski definition) is 4. The number of nitriles is 1. The van der Waals surface area contributed by atoms with E-state index in [1.807, 2.05) is 12.1 Å². The van der Waals surface area contributed by atoms with Crippen LogP contribution < -0.4 is 11.1 Å². The van der Waals surface area contributed by atoms with Crippen molar-refractivity contribution in [2.75, 3.05) is 0 Å². The fourth-order valence-electron chi connectivity index (χ4n) is 1.58. The molecule has 3 N–H and O–H groups in total. The largest absolute Gasteiger partial charge is 0.336 e. The first kappa shape index (κ1) is 11.6. The van der Waals surface area contributed by atoms with Gasteiger partial charge in [-0.25, -0.2) is 0 Å². The molecule has 1 atom stereocenters. The third-order valence-electron chi connectivity index (χ3n) is 2.87. The highest BCUT2D eigenvalue weighted by Crippen LogP contribution is 2.34. The van der Waals surface area contributed by atoms with Crippen LogP contribution in [0.4, 0.5) is 0 Å². The Bertz CT molecular complexity index is 447. The van der Waals surface area contributed by atoms with E-state index in [2.05, 4.69) is 16.4 Å². The average molecular weight is 230 g/mol. The number of carbonyl (C=O) groups is 1. The molecule has 1 amide bonds. The molecule has 1 aliphatic rings. The molecule has 1 aromatic heterocycles. The quantitative estimate of drug-likeness (QED) is 0.768. The lowest BCUT2D eigenvalue weighted by molar-refractivity contribution is -0.122. The normalized spacial score (nSPS) is 17.9. The highest BCUT2D eigenvalue weighted by molar-refractivity contribution is 5.83. The summed E-state index contributed by atoms with van der Waals surface area (Å²) >= 11 is 0. The van der Waals surface area contributed by atoms with E-state index >= 15 is 0 Å². The predicted molar refractivity (Wildman–Crippen MR) is 61.6 cm³/mol. The summed E-state index contributed by atoms with van der Waals surface area (Å²) in [6, 6.07) is 5.13. The molecule has 0 aliphatic heterocycles. The fourth-order valence-corrected chi connectivity index (χ4v) is 1.58. The van der Waals surface area contributed by atoms with Crippen molar-refractivity contribution in [1.29, 1.82) is 5.26 Å². The van der Waals surface area contributed by atoms with Crippen molar-refractivity contribution in [1.82, 2.24) is 10.3 Å². The smallest absolute Gasteiger partial charge is 0.238 e. The van der Waals surface area contributed by atoms with Gasteiger partial charge in [0.15, 0.2) is 0 Å². The molecule has 0 spiro atoms. The van der Waals surface area contributed by atoms with Crippen LogP contribution in [-0.2, 0) is 11.2 Å². The third-order valence-corrected chi connectivity index (χ3v) is 2.87. The van der Waals surface area contributed by atoms with Gasteiger partial charge in [0.05, 0.1) is 12.1 Å². The summed E-state index contributed by atoms with van der Waals surface area (Å²) in [5.41, 5.74) is 6.11. The van der Waals surface area contributed by atoms with Gasteiger partial charge in [-0.15, -0.1) is 0 Å². The minimum Gasteiger partial charge on any atom is -0.336 e. The van der Waals surface area contributed by atoms with Crippen LogP contribution in [0, 0.1) is 11.3 Å². The van der Waals surface area contributed by atoms with Crippen LogP contribution in [0.5, 0.6) is 0 Å². The van der Waals surface area contributed by atoms with E-state index < -0.39 is 11.6 Å². The number of pyridine rings is 1. The number of amides is 1. The Labute approximate surface area is 99.6 Å². The zero-order chi connectivity index (χ0) is 12.3. The number of nitrogens with one attached hydrogen (secondary N) is 1. The zero-order valence-corrected chi connectivity index (χ0v) is 9.39. The lowest BCUT2D eigenvalue weighted by Crippen LogP contribution is -2.47. The molecule has 0 aromatic carbocycles. The van der Waals surface area contributed by atoms with Crippen LogP contribution >= 0.6 is 0 Å². The molecular formula is C12H14N4O. The van der Waals surface area contributed by atoms with Gasteiger partial charge in [-0.2, -0.15) is 5.26 Å². The van der Waals surface area contributed by atoms with E-state index in [-0.39, 0.29) is 5.91 Å². The van der Waals surface area contributed by atoms with E-state index in [1.165, 1.54) is 0 Å². The average Bonchev–Trinajstić information content (AvgIpc) is 3.11. The van der Waals surface area contributed by atoms with Gasteiger partial charge in [0.25, 0.3) is 0 Å². The molecule has 1 heterocycles. The van der Waals surface area contributed by atoms with E-state index in [4.69, 9.17) is 11.0 Å². The Kier molecular flexibility index (Phi) is 3.07. The molecule has 1 unspecified atom stereocenters. The SMILES string of the molecule is N#CC1(NC(=O)C(N)Cc2ccncc2)CC1. The van der Waals surface area contributed by atoms with Gasteiger partial charge in [0.1, 0.15) is 5.54 Å². The number of carbonyl (C=O) groups excluding carboxylic acids is 1. The van der Waals surface area contributed by atoms with Crippen LogP contribution in [0.1, 0.15) is 18.4 Å². The highest BCUT2D eigenvalue weighted by atomic mass is 16.2. The van der Waals surface area contributed by atoms with Crippen LogP contribution in [0.2, 0.25) is 0 Å². The molecule has 5 nitrogen and oxygen atoms in total. The topological polar surface area (TPSA) is 91.8 Å². The molecule has 17 heavy (non-hydrogen) atoms. The van der Waals surface area contributed by atoms with Crippen molar-refractivity contribution < 1.29 is 4.79 Å². The molecule has 1 saturated carbocycles. The molecule has 5 heteroatoms. The first-order chi connectivity index (χ1) is 8.15. The number of nitrogens with zero attached hydrogens (tertiary/aromatic N) is 2. The lowest BCUT2D eigenvalue weighted by Gasteiger charge is -2.14. The minimum atomic E-state index is -0.646. The van der Waals surface area contributed by atoms with Gasteiger partial charge in [-0.1, -0.05) is 0 Å². The zero-order valence-electron chi connectivity index (χ0n) is 9.39. The maximum atomic E-state index is 11.8. The van der Waals surface area contributed by atoms with E-state index in [9.17, 15) is 4.79 Å². The minimum absolute atomic E-state index is 0.263. The number of nitrogens with two attached hydrogens (primary N) is 1. The second-order valence-electron chi connectivity index (χ2n) is 4.35. The highest BCUT2D eigenvalue weighted by Gasteiger charge is 2.45. The van der Waals surface area contributed by atoms with Crippen LogP contribution in [0.3, 0.4) is 0 Å². The molecule has 88 valence electrons. The first-order valence-electron chi connectivity index (χ1n) is 5.53. The summed E-state index contributed by atoms with van der Waals surface area (Å²) in [6.07, 6.45) is 5.22. The Hall–Kier alpha value is -1.93. The molecular weight excluding hydrogens is 216 g/mol. The van der Waals surface area contributed by atoms with Crippen molar-refractivity contribution in [2.24, 2.45) is 5.73 Å². The fraction of sp³-hybridized carbons (Fsp3) is 0.417. The van der Waals surface area contributed by atoms with Crippen molar-refractivity contribution in [3.8, 4) is 6.07 Å². The standard InChI is InChI=1S/C12H14N4O/c13-8-12(3-4-12)16-11(17)10(14)7-9-1-5-15-6-2-9/h1-2,5-6,10H,3-4,7,14H2,(H,16,17). The molecule has 0 bridgehead atoms. The van der Waals surface area contributed by atoms with E-state index in [0.717, 1.165) is 18.4 Å². The summed E-state index contributed by atoms with van der Waals surface area (Å²) in [6.45, 7) is 0. The van der Waals surface area contributed by atoms with Gasteiger partial charge < -0.3 is 11.1 Å². The van der Waals surface area contributed by atoms with Crippen molar-refractivity contribution in [3.05, 3.63) is 30.1 Å². The van der Waals surface area contributed by atoms with Gasteiger partial charge in [0, 0.05) is 12.4 Å². The first-order valence-corrected chi connectivity index (χ1v) is 5.53. The summed E-state index contributed by atoms with van der Waals surface area (Å²) < 4.78 is 0. The second kappa shape index (κ2) is 4.52. The molecule has 1 aliphatic carbocycles. The molecule has 0 radical (unpaired) electrons. The maximum Gasteiger partial charge on any atom is 0.238 e. The van der Waals surface area contributed by atoms with Crippen LogP contribution in [0.25, 0.3) is 0 Å². The van der Waals surface area contributed by atoms with E-state index in [0.29, 0.717) is 6.42 Å². The predicted octanol–water partition coefficient (Wildman–Crippen LogP) is 0.124. The Morgan fingerprint density at radius 3 is 2.76 bits per heavy atom. The van der Waals surface area contributed by atoms with Gasteiger partial charge in [-0.05, 0) is 37.0 Å². The van der Waals surface area contributed by atoms with Crippen LogP contribution in [0.15, 0.2) is 24.5 Å². The van der Waals surface area contributed by atoms with Gasteiger partial charge >= 0.3 is 0 Å². The monoisotopic (exact) mass is 230 g/mol. The number of rotatable bonds is 4. The molecule has 0 saturated heterocycles.